The Bertz CT molecular complexity index is 1930. The molecule has 0 radical (unpaired) electrons. The van der Waals surface area contributed by atoms with Crippen molar-refractivity contribution in [1.29, 1.82) is 0 Å². The molecule has 6 rings (SSSR count). The van der Waals surface area contributed by atoms with Gasteiger partial charge in [0.25, 0.3) is 0 Å². The largest absolute Gasteiger partial charge is 0.493 e. The predicted octanol–water partition coefficient (Wildman–Crippen LogP) is 5.83. The van der Waals surface area contributed by atoms with E-state index in [2.05, 4.69) is 20.4 Å². The number of methoxy groups -OCH3 is 2. The molecule has 40 heavy (non-hydrogen) atoms. The van der Waals surface area contributed by atoms with Gasteiger partial charge in [0.2, 0.25) is 5.88 Å². The number of benzene rings is 3. The highest BCUT2D eigenvalue weighted by molar-refractivity contribution is 5.87. The van der Waals surface area contributed by atoms with E-state index in [0.717, 1.165) is 5.56 Å². The Balaban J connectivity index is 1.35. The number of fused-ring (bicyclic) bond motifs is 2. The molecule has 1 N–H and O–H groups in total. The number of nitrogens with one attached hydrogen (secondary N) is 1. The summed E-state index contributed by atoms with van der Waals surface area (Å²) in [6, 6.07) is 18.9. The van der Waals surface area contributed by atoms with Gasteiger partial charge in [-0.3, -0.25) is 19.9 Å². The van der Waals surface area contributed by atoms with E-state index in [1.807, 2.05) is 30.3 Å². The van der Waals surface area contributed by atoms with Crippen LogP contribution in [0.1, 0.15) is 0 Å². The minimum Gasteiger partial charge on any atom is -0.493 e. The first-order valence-corrected chi connectivity index (χ1v) is 12.2. The van der Waals surface area contributed by atoms with Crippen molar-refractivity contribution in [2.24, 2.45) is 0 Å². The zero-order chi connectivity index (χ0) is 27.6. The fourth-order valence-electron chi connectivity index (χ4n) is 4.43. The van der Waals surface area contributed by atoms with Crippen LogP contribution < -0.4 is 25.1 Å². The summed E-state index contributed by atoms with van der Waals surface area (Å²) < 4.78 is 33.5. The van der Waals surface area contributed by atoms with Crippen LogP contribution in [-0.2, 0) is 0 Å². The second-order valence-electron chi connectivity index (χ2n) is 8.76. The maximum atomic E-state index is 15.3. The molecule has 0 bridgehead atoms. The summed E-state index contributed by atoms with van der Waals surface area (Å²) in [5.41, 5.74) is 5.85. The molecular formula is C30H22FN5O4. The maximum absolute atomic E-state index is 15.3. The molecule has 0 fully saturated rings. The van der Waals surface area contributed by atoms with Crippen LogP contribution in [0.3, 0.4) is 0 Å². The summed E-state index contributed by atoms with van der Waals surface area (Å²) in [7, 11) is 3.05. The van der Waals surface area contributed by atoms with Gasteiger partial charge >= 0.3 is 0 Å². The first-order chi connectivity index (χ1) is 19.6. The fourth-order valence-corrected chi connectivity index (χ4v) is 4.43. The van der Waals surface area contributed by atoms with Crippen LogP contribution in [0, 0.1) is 5.82 Å². The molecule has 0 spiro atoms. The van der Waals surface area contributed by atoms with E-state index in [1.165, 1.54) is 38.9 Å². The molecule has 0 saturated heterocycles. The van der Waals surface area contributed by atoms with Gasteiger partial charge in [0.15, 0.2) is 28.5 Å². The highest BCUT2D eigenvalue weighted by atomic mass is 19.1. The Hall–Kier alpha value is -5.51. The summed E-state index contributed by atoms with van der Waals surface area (Å²) in [4.78, 5) is 25.8. The monoisotopic (exact) mass is 535 g/mol. The third-order valence-corrected chi connectivity index (χ3v) is 6.38. The van der Waals surface area contributed by atoms with Gasteiger partial charge in [-0.15, -0.1) is 0 Å². The first-order valence-electron chi connectivity index (χ1n) is 12.2. The molecule has 3 aromatic heterocycles. The molecule has 0 atom stereocenters. The lowest BCUT2D eigenvalue weighted by molar-refractivity contribution is 0.355. The van der Waals surface area contributed by atoms with Crippen molar-refractivity contribution >= 4 is 27.5 Å². The summed E-state index contributed by atoms with van der Waals surface area (Å²) in [5.74, 6) is 0.486. The van der Waals surface area contributed by atoms with Crippen LogP contribution in [0.5, 0.6) is 23.1 Å². The van der Waals surface area contributed by atoms with Crippen LogP contribution in [0.15, 0.2) is 96.4 Å². The molecule has 0 aliphatic carbocycles. The van der Waals surface area contributed by atoms with Gasteiger partial charge in [0, 0.05) is 36.3 Å². The Labute approximate surface area is 227 Å². The minimum atomic E-state index is -0.618. The third kappa shape index (κ3) is 4.51. The first kappa shape index (κ1) is 24.8. The molecule has 0 unspecified atom stereocenters. The topological polar surface area (TPSA) is 100 Å². The number of nitrogens with zero attached hydrogens (tertiary/aromatic N) is 4. The zero-order valence-electron chi connectivity index (χ0n) is 21.5. The Kier molecular flexibility index (Phi) is 6.41. The minimum absolute atomic E-state index is 0.0285. The van der Waals surface area contributed by atoms with E-state index < -0.39 is 5.82 Å². The lowest BCUT2D eigenvalue weighted by Crippen LogP contribution is -2.17. The average molecular weight is 536 g/mol. The maximum Gasteiger partial charge on any atom is 0.230 e. The number of halogens is 1. The summed E-state index contributed by atoms with van der Waals surface area (Å²) in [6.07, 6.45) is 6.14. The van der Waals surface area contributed by atoms with Crippen LogP contribution in [0.2, 0.25) is 0 Å². The van der Waals surface area contributed by atoms with Crippen molar-refractivity contribution in [1.82, 2.24) is 19.6 Å². The molecule has 0 saturated carbocycles. The third-order valence-electron chi connectivity index (χ3n) is 6.38. The zero-order valence-corrected chi connectivity index (χ0v) is 21.5. The molecule has 10 heteroatoms. The highest BCUT2D eigenvalue weighted by Gasteiger charge is 2.15. The van der Waals surface area contributed by atoms with Gasteiger partial charge in [0.1, 0.15) is 6.33 Å². The van der Waals surface area contributed by atoms with Crippen molar-refractivity contribution in [2.45, 2.75) is 0 Å². The van der Waals surface area contributed by atoms with Gasteiger partial charge in [-0.05, 0) is 29.8 Å². The van der Waals surface area contributed by atoms with Crippen LogP contribution in [0.4, 0.5) is 10.1 Å². The van der Waals surface area contributed by atoms with Gasteiger partial charge < -0.3 is 14.2 Å². The molecule has 9 nitrogen and oxygen atoms in total. The second kappa shape index (κ2) is 10.3. The average Bonchev–Trinajstić information content (AvgIpc) is 2.99. The van der Waals surface area contributed by atoms with Crippen LogP contribution in [-0.4, -0.2) is 33.8 Å². The van der Waals surface area contributed by atoms with Crippen LogP contribution in [0.25, 0.3) is 32.9 Å². The Morgan fingerprint density at radius 1 is 0.875 bits per heavy atom. The fraction of sp³-hybridized carbons (Fsp3) is 0.0667. The molecule has 0 aliphatic heterocycles. The molecule has 0 amide bonds. The summed E-state index contributed by atoms with van der Waals surface area (Å²) in [6.45, 7) is 0. The standard InChI is InChI=1S/C30H22FN5O4/c1-38-27-13-20-24(14-28(27)39-2)33-17-34-30(20)40-26-9-8-19(12-23(26)31)35-36-16-22(18-6-4-3-5-7-18)29(37)21-15-32-11-10-25(21)36/h3-17,35H,1-2H3. The van der Waals surface area contributed by atoms with Crippen molar-refractivity contribution in [3.8, 4) is 34.3 Å². The van der Waals surface area contributed by atoms with E-state index in [4.69, 9.17) is 14.2 Å². The smallest absolute Gasteiger partial charge is 0.230 e. The lowest BCUT2D eigenvalue weighted by Gasteiger charge is -2.16. The van der Waals surface area contributed by atoms with Crippen molar-refractivity contribution in [3.63, 3.8) is 0 Å². The van der Waals surface area contributed by atoms with E-state index >= 15 is 4.39 Å². The van der Waals surface area contributed by atoms with Gasteiger partial charge in [-0.1, -0.05) is 30.3 Å². The molecule has 0 aliphatic rings. The van der Waals surface area contributed by atoms with Crippen LogP contribution >= 0.6 is 0 Å². The van der Waals surface area contributed by atoms with Crippen molar-refractivity contribution < 1.29 is 18.6 Å². The van der Waals surface area contributed by atoms with Gasteiger partial charge in [-0.25, -0.2) is 14.4 Å². The van der Waals surface area contributed by atoms with Gasteiger partial charge in [-0.2, -0.15) is 0 Å². The number of hydrogen-bond acceptors (Lipinski definition) is 8. The molecular weight excluding hydrogens is 513 g/mol. The Morgan fingerprint density at radius 3 is 2.45 bits per heavy atom. The predicted molar refractivity (Wildman–Crippen MR) is 150 cm³/mol. The second-order valence-corrected chi connectivity index (χ2v) is 8.76. The normalized spacial score (nSPS) is 11.0. The number of aromatic nitrogens is 4. The number of ether oxygens (including phenoxy) is 3. The SMILES string of the molecule is COc1cc2ncnc(Oc3ccc(Nn4cc(-c5ccccc5)c(=O)c5cnccc54)cc3F)c2cc1OC. The summed E-state index contributed by atoms with van der Waals surface area (Å²) in [5, 5.41) is 0.961. The molecule has 3 aromatic carbocycles. The van der Waals surface area contributed by atoms with E-state index in [9.17, 15) is 4.79 Å². The van der Waals surface area contributed by atoms with E-state index in [1.54, 1.807) is 41.3 Å². The van der Waals surface area contributed by atoms with E-state index in [0.29, 0.717) is 44.6 Å². The van der Waals surface area contributed by atoms with E-state index in [-0.39, 0.29) is 17.1 Å². The number of anilines is 1. The van der Waals surface area contributed by atoms with Crippen molar-refractivity contribution in [2.75, 3.05) is 19.6 Å². The van der Waals surface area contributed by atoms with Crippen molar-refractivity contribution in [3.05, 3.63) is 108 Å². The number of pyridine rings is 2. The quantitative estimate of drug-likeness (QED) is 0.273. The molecule has 6 aromatic rings. The lowest BCUT2D eigenvalue weighted by atomic mass is 10.1. The molecule has 198 valence electrons. The highest BCUT2D eigenvalue weighted by Crippen LogP contribution is 2.36. The van der Waals surface area contributed by atoms with Gasteiger partial charge in [0.05, 0.1) is 41.7 Å². The number of hydrogen-bond donors (Lipinski definition) is 1. The Morgan fingerprint density at radius 2 is 1.68 bits per heavy atom. The summed E-state index contributed by atoms with van der Waals surface area (Å²) >= 11 is 0. The molecule has 3 heterocycles. The number of rotatable bonds is 7.